The maximum atomic E-state index is 9.68. The van der Waals surface area contributed by atoms with Gasteiger partial charge in [-0.25, -0.2) is 9.97 Å². The molecular formula is C33H28N8. The van der Waals surface area contributed by atoms with Crippen LogP contribution in [0.25, 0.3) is 39.5 Å². The number of nitrogens with zero attached hydrogens (tertiary/aromatic N) is 7. The van der Waals surface area contributed by atoms with Crippen molar-refractivity contribution in [2.45, 2.75) is 25.3 Å². The molecule has 8 nitrogen and oxygen atoms in total. The number of aromatic amines is 1. The van der Waals surface area contributed by atoms with Gasteiger partial charge in [-0.1, -0.05) is 54.6 Å². The van der Waals surface area contributed by atoms with Crippen molar-refractivity contribution in [1.82, 2.24) is 34.4 Å². The molecule has 2 aromatic carbocycles. The van der Waals surface area contributed by atoms with Crippen molar-refractivity contribution in [2.24, 2.45) is 0 Å². The van der Waals surface area contributed by atoms with Gasteiger partial charge in [0, 0.05) is 47.7 Å². The minimum absolute atomic E-state index is 0.390. The first-order valence-corrected chi connectivity index (χ1v) is 13.9. The third-order valence-electron chi connectivity index (χ3n) is 7.87. The van der Waals surface area contributed by atoms with Crippen molar-refractivity contribution in [3.05, 3.63) is 114 Å². The van der Waals surface area contributed by atoms with Crippen LogP contribution in [0.2, 0.25) is 0 Å². The van der Waals surface area contributed by atoms with Crippen molar-refractivity contribution in [1.29, 1.82) is 5.26 Å². The van der Waals surface area contributed by atoms with Crippen LogP contribution in [-0.4, -0.2) is 47.5 Å². The number of pyridine rings is 2. The molecule has 4 aromatic heterocycles. The van der Waals surface area contributed by atoms with Crippen LogP contribution in [0, 0.1) is 11.3 Å². The van der Waals surface area contributed by atoms with Gasteiger partial charge in [0.05, 0.1) is 17.0 Å². The molecule has 200 valence electrons. The van der Waals surface area contributed by atoms with Gasteiger partial charge in [0.2, 0.25) is 0 Å². The maximum Gasteiger partial charge on any atom is 0.181 e. The molecule has 1 aliphatic heterocycles. The fourth-order valence-electron chi connectivity index (χ4n) is 5.71. The Morgan fingerprint density at radius 3 is 2.37 bits per heavy atom. The van der Waals surface area contributed by atoms with E-state index in [1.807, 2.05) is 53.1 Å². The summed E-state index contributed by atoms with van der Waals surface area (Å²) in [6, 6.07) is 28.8. The Morgan fingerprint density at radius 1 is 0.829 bits per heavy atom. The molecule has 0 saturated carbocycles. The second-order valence-electron chi connectivity index (χ2n) is 10.4. The van der Waals surface area contributed by atoms with Crippen LogP contribution in [0.3, 0.4) is 0 Å². The number of benzene rings is 2. The second kappa shape index (κ2) is 10.8. The number of aromatic nitrogens is 6. The predicted molar refractivity (Wildman–Crippen MR) is 158 cm³/mol. The number of imidazole rings is 1. The smallest absolute Gasteiger partial charge is 0.181 e. The normalized spacial score (nSPS) is 14.3. The molecule has 0 unspecified atom stereocenters. The number of hydrogen-bond donors (Lipinski definition) is 1. The summed E-state index contributed by atoms with van der Waals surface area (Å²) in [6.45, 7) is 2.93. The molecule has 8 heteroatoms. The van der Waals surface area contributed by atoms with Gasteiger partial charge in [-0.15, -0.1) is 0 Å². The van der Waals surface area contributed by atoms with Gasteiger partial charge >= 0.3 is 0 Å². The first kappa shape index (κ1) is 24.9. The van der Waals surface area contributed by atoms with E-state index in [-0.39, 0.29) is 0 Å². The number of nitrogens with one attached hydrogen (secondary N) is 1. The minimum Gasteiger partial charge on any atom is -0.299 e. The molecule has 1 N–H and O–H groups in total. The molecule has 7 rings (SSSR count). The SMILES string of the molecule is N#Cc1cccn2c(-c3ccccc3)c(-c3ccc(CN4CCC(c5nc(-c6ccncc6)n[nH]5)CC4)cc3)nc12. The lowest BCUT2D eigenvalue weighted by Crippen LogP contribution is -2.32. The van der Waals surface area contributed by atoms with E-state index in [1.54, 1.807) is 12.4 Å². The Kier molecular flexibility index (Phi) is 6.55. The van der Waals surface area contributed by atoms with Crippen molar-refractivity contribution in [3.63, 3.8) is 0 Å². The van der Waals surface area contributed by atoms with Crippen LogP contribution in [0.4, 0.5) is 0 Å². The first-order chi connectivity index (χ1) is 20.3. The highest BCUT2D eigenvalue weighted by Crippen LogP contribution is 2.34. The predicted octanol–water partition coefficient (Wildman–Crippen LogP) is 6.10. The zero-order valence-electron chi connectivity index (χ0n) is 22.5. The van der Waals surface area contributed by atoms with E-state index >= 15 is 0 Å². The Bertz CT molecular complexity index is 1820. The van der Waals surface area contributed by atoms with Gasteiger partial charge in [-0.2, -0.15) is 10.4 Å². The van der Waals surface area contributed by atoms with E-state index in [1.165, 1.54) is 5.56 Å². The summed E-state index contributed by atoms with van der Waals surface area (Å²) in [7, 11) is 0. The third-order valence-corrected chi connectivity index (χ3v) is 7.87. The van der Waals surface area contributed by atoms with E-state index in [2.05, 4.69) is 62.5 Å². The lowest BCUT2D eigenvalue weighted by molar-refractivity contribution is 0.202. The number of nitriles is 1. The van der Waals surface area contributed by atoms with Crippen LogP contribution in [-0.2, 0) is 6.54 Å². The fourth-order valence-corrected chi connectivity index (χ4v) is 5.71. The van der Waals surface area contributed by atoms with E-state index < -0.39 is 0 Å². The van der Waals surface area contributed by atoms with Gasteiger partial charge in [0.15, 0.2) is 11.5 Å². The molecule has 6 aromatic rings. The summed E-state index contributed by atoms with van der Waals surface area (Å²) < 4.78 is 2.02. The number of likely N-dealkylation sites (tertiary alicyclic amines) is 1. The van der Waals surface area contributed by atoms with Gasteiger partial charge in [0.1, 0.15) is 11.9 Å². The fraction of sp³-hybridized carbons (Fsp3) is 0.182. The van der Waals surface area contributed by atoms with Crippen LogP contribution in [0.5, 0.6) is 0 Å². The average molecular weight is 537 g/mol. The Morgan fingerprint density at radius 2 is 1.61 bits per heavy atom. The van der Waals surface area contributed by atoms with Crippen LogP contribution < -0.4 is 0 Å². The number of H-pyrrole nitrogens is 1. The second-order valence-corrected chi connectivity index (χ2v) is 10.4. The molecule has 0 bridgehead atoms. The van der Waals surface area contributed by atoms with Gasteiger partial charge in [-0.05, 0) is 55.8 Å². The first-order valence-electron chi connectivity index (χ1n) is 13.9. The molecule has 5 heterocycles. The van der Waals surface area contributed by atoms with Crippen LogP contribution in [0.15, 0.2) is 97.5 Å². The Labute approximate surface area is 238 Å². The van der Waals surface area contributed by atoms with E-state index in [0.29, 0.717) is 17.1 Å². The van der Waals surface area contributed by atoms with E-state index in [0.717, 1.165) is 72.2 Å². The molecule has 0 amide bonds. The third kappa shape index (κ3) is 4.88. The summed E-state index contributed by atoms with van der Waals surface area (Å²) >= 11 is 0. The monoisotopic (exact) mass is 536 g/mol. The summed E-state index contributed by atoms with van der Waals surface area (Å²) in [4.78, 5) is 16.3. The lowest BCUT2D eigenvalue weighted by Gasteiger charge is -2.30. The number of rotatable bonds is 6. The molecule has 1 fully saturated rings. The number of fused-ring (bicyclic) bond motifs is 1. The van der Waals surface area contributed by atoms with Crippen LogP contribution in [0.1, 0.15) is 35.7 Å². The molecule has 1 aliphatic rings. The highest BCUT2D eigenvalue weighted by atomic mass is 15.2. The summed E-state index contributed by atoms with van der Waals surface area (Å²) in [6.07, 6.45) is 7.60. The van der Waals surface area contributed by atoms with Gasteiger partial charge in [0.25, 0.3) is 0 Å². The van der Waals surface area contributed by atoms with Crippen molar-refractivity contribution < 1.29 is 0 Å². The standard InChI is InChI=1S/C33H28N8/c34-21-28-7-4-18-41-30(25-5-2-1-3-6-25)29(36-33(28)41)24-10-8-23(9-11-24)22-40-19-14-27(15-20-40)32-37-31(38-39-32)26-12-16-35-17-13-26/h1-13,16-18,27H,14-15,19-20,22H2,(H,37,38,39). The number of piperidine rings is 1. The molecule has 0 spiro atoms. The highest BCUT2D eigenvalue weighted by molar-refractivity contribution is 5.83. The lowest BCUT2D eigenvalue weighted by atomic mass is 9.95. The Balaban J connectivity index is 1.07. The van der Waals surface area contributed by atoms with E-state index in [9.17, 15) is 5.26 Å². The molecule has 0 atom stereocenters. The zero-order valence-corrected chi connectivity index (χ0v) is 22.5. The van der Waals surface area contributed by atoms with Crippen molar-refractivity contribution in [3.8, 4) is 40.0 Å². The number of hydrogen-bond acceptors (Lipinski definition) is 6. The van der Waals surface area contributed by atoms with Gasteiger partial charge < -0.3 is 0 Å². The Hall–Kier alpha value is -5.13. The molecule has 0 aliphatic carbocycles. The largest absolute Gasteiger partial charge is 0.299 e. The van der Waals surface area contributed by atoms with Crippen molar-refractivity contribution >= 4 is 5.65 Å². The molecular weight excluding hydrogens is 508 g/mol. The molecule has 41 heavy (non-hydrogen) atoms. The minimum atomic E-state index is 0.390. The molecule has 1 saturated heterocycles. The average Bonchev–Trinajstić information content (AvgIpc) is 3.69. The quantitative estimate of drug-likeness (QED) is 0.276. The summed E-state index contributed by atoms with van der Waals surface area (Å²) in [5.41, 5.74) is 7.47. The topological polar surface area (TPSA) is 98.8 Å². The summed E-state index contributed by atoms with van der Waals surface area (Å²) in [5.74, 6) is 2.10. The van der Waals surface area contributed by atoms with Crippen LogP contribution >= 0.6 is 0 Å². The molecule has 0 radical (unpaired) electrons. The summed E-state index contributed by atoms with van der Waals surface area (Å²) in [5, 5.41) is 17.3. The van der Waals surface area contributed by atoms with Gasteiger partial charge in [-0.3, -0.25) is 19.4 Å². The van der Waals surface area contributed by atoms with E-state index in [4.69, 9.17) is 9.97 Å². The highest BCUT2D eigenvalue weighted by Gasteiger charge is 2.24. The zero-order chi connectivity index (χ0) is 27.6. The van der Waals surface area contributed by atoms with Crippen molar-refractivity contribution in [2.75, 3.05) is 13.1 Å². The maximum absolute atomic E-state index is 9.68.